The van der Waals surface area contributed by atoms with E-state index in [1.54, 1.807) is 4.90 Å². The fourth-order valence-corrected chi connectivity index (χ4v) is 3.08. The third-order valence-electron chi connectivity index (χ3n) is 4.42. The monoisotopic (exact) mass is 344 g/mol. The molecule has 0 aliphatic carbocycles. The average molecular weight is 344 g/mol. The van der Waals surface area contributed by atoms with Gasteiger partial charge in [0.25, 0.3) is 0 Å². The van der Waals surface area contributed by atoms with Gasteiger partial charge in [0.15, 0.2) is 0 Å². The van der Waals surface area contributed by atoms with Crippen LogP contribution in [0.15, 0.2) is 18.2 Å². The number of ether oxygens (including phenoxy) is 1. The highest BCUT2D eigenvalue weighted by Crippen LogP contribution is 2.28. The van der Waals surface area contributed by atoms with Crippen LogP contribution in [-0.2, 0) is 10.9 Å². The molecule has 0 radical (unpaired) electrons. The summed E-state index contributed by atoms with van der Waals surface area (Å²) in [5.74, 6) is -0.106. The molecule has 9 heteroatoms. The van der Waals surface area contributed by atoms with Gasteiger partial charge in [-0.15, -0.1) is 0 Å². The Labute approximate surface area is 137 Å². The smallest absolute Gasteiger partial charge is 0.375 e. The lowest BCUT2D eigenvalue weighted by atomic mass is 9.99. The Morgan fingerprint density at radius 1 is 1.38 bits per heavy atom. The molecule has 0 saturated carbocycles. The maximum atomic E-state index is 12.7. The van der Waals surface area contributed by atoms with E-state index in [1.165, 1.54) is 12.1 Å². The molecule has 0 unspecified atom stereocenters. The first kappa shape index (κ1) is 17.0. The lowest BCUT2D eigenvalue weighted by Crippen LogP contribution is -2.60. The number of halogens is 3. The van der Waals surface area contributed by atoms with Gasteiger partial charge >= 0.3 is 12.2 Å². The number of alkyl halides is 3. The Morgan fingerprint density at radius 2 is 2.17 bits per heavy atom. The first-order valence-corrected chi connectivity index (χ1v) is 7.76. The van der Waals surface area contributed by atoms with Crippen molar-refractivity contribution in [1.82, 2.24) is 14.8 Å². The number of morpholine rings is 1. The molecule has 1 aromatic rings. The van der Waals surface area contributed by atoms with E-state index in [0.29, 0.717) is 26.1 Å². The largest absolute Gasteiger partial charge is 0.433 e. The molecule has 24 heavy (non-hydrogen) atoms. The molecule has 0 aromatic carbocycles. The van der Waals surface area contributed by atoms with Crippen LogP contribution < -0.4 is 5.32 Å². The van der Waals surface area contributed by atoms with Crippen molar-refractivity contribution in [2.24, 2.45) is 0 Å². The molecule has 2 aliphatic rings. The summed E-state index contributed by atoms with van der Waals surface area (Å²) in [6.45, 7) is 2.45. The van der Waals surface area contributed by atoms with E-state index in [1.807, 2.05) is 7.05 Å². The summed E-state index contributed by atoms with van der Waals surface area (Å²) in [6.07, 6.45) is -3.74. The first-order valence-electron chi connectivity index (χ1n) is 7.76. The predicted molar refractivity (Wildman–Crippen MR) is 80.6 cm³/mol. The number of amides is 2. The third-order valence-corrected chi connectivity index (χ3v) is 4.42. The van der Waals surface area contributed by atoms with Crippen molar-refractivity contribution >= 4 is 11.8 Å². The zero-order valence-corrected chi connectivity index (χ0v) is 13.2. The molecular weight excluding hydrogens is 325 g/mol. The van der Waals surface area contributed by atoms with Crippen molar-refractivity contribution in [3.05, 3.63) is 23.9 Å². The molecule has 2 atom stereocenters. The fourth-order valence-electron chi connectivity index (χ4n) is 3.08. The molecule has 2 amide bonds. The summed E-state index contributed by atoms with van der Waals surface area (Å²) in [6, 6.07) is 3.10. The standard InChI is InChI=1S/C15H19F3N4O2/c1-21-7-8-24-11-5-6-22(9-10(11)21)14(23)20-13-4-2-3-12(19-13)15(16,17)18/h2-4,10-11H,5-9H2,1H3,(H,19,20,23)/t10-,11-/m1/s1. The molecule has 2 saturated heterocycles. The summed E-state index contributed by atoms with van der Waals surface area (Å²) in [4.78, 5) is 19.5. The number of aromatic nitrogens is 1. The number of piperidine rings is 1. The van der Waals surface area contributed by atoms with Crippen molar-refractivity contribution in [3.63, 3.8) is 0 Å². The number of likely N-dealkylation sites (tertiary alicyclic amines) is 1. The van der Waals surface area contributed by atoms with Crippen molar-refractivity contribution in [3.8, 4) is 0 Å². The third kappa shape index (κ3) is 3.62. The van der Waals surface area contributed by atoms with Crippen LogP contribution in [0.5, 0.6) is 0 Å². The second-order valence-corrected chi connectivity index (χ2v) is 6.03. The Bertz CT molecular complexity index is 611. The molecule has 3 heterocycles. The maximum Gasteiger partial charge on any atom is 0.433 e. The second-order valence-electron chi connectivity index (χ2n) is 6.03. The van der Waals surface area contributed by atoms with Gasteiger partial charge in [0.2, 0.25) is 0 Å². The lowest BCUT2D eigenvalue weighted by molar-refractivity contribution is -0.141. The van der Waals surface area contributed by atoms with Gasteiger partial charge in [-0.2, -0.15) is 13.2 Å². The summed E-state index contributed by atoms with van der Waals surface area (Å²) < 4.78 is 43.8. The highest BCUT2D eigenvalue weighted by atomic mass is 19.4. The van der Waals surface area contributed by atoms with Crippen LogP contribution in [0, 0.1) is 0 Å². The Balaban J connectivity index is 1.65. The number of nitrogens with zero attached hydrogens (tertiary/aromatic N) is 3. The number of rotatable bonds is 1. The van der Waals surface area contributed by atoms with Crippen LogP contribution in [0.1, 0.15) is 12.1 Å². The fraction of sp³-hybridized carbons (Fsp3) is 0.600. The van der Waals surface area contributed by atoms with Crippen molar-refractivity contribution in [2.75, 3.05) is 38.6 Å². The molecular formula is C15H19F3N4O2. The minimum atomic E-state index is -4.54. The average Bonchev–Trinajstić information content (AvgIpc) is 2.54. The number of fused-ring (bicyclic) bond motifs is 1. The van der Waals surface area contributed by atoms with Gasteiger partial charge in [0.05, 0.1) is 18.8 Å². The molecule has 0 spiro atoms. The summed E-state index contributed by atoms with van der Waals surface area (Å²) in [5.41, 5.74) is -1.03. The molecule has 132 valence electrons. The Kier molecular flexibility index (Phi) is 4.64. The van der Waals surface area contributed by atoms with Crippen molar-refractivity contribution in [2.45, 2.75) is 24.7 Å². The summed E-state index contributed by atoms with van der Waals surface area (Å²) in [7, 11) is 1.98. The van der Waals surface area contributed by atoms with Crippen molar-refractivity contribution < 1.29 is 22.7 Å². The van der Waals surface area contributed by atoms with Gasteiger partial charge in [-0.05, 0) is 25.6 Å². The predicted octanol–water partition coefficient (Wildman–Crippen LogP) is 2.04. The normalized spacial score (nSPS) is 25.2. The minimum absolute atomic E-state index is 0.0967. The van der Waals surface area contributed by atoms with Crippen LogP contribution >= 0.6 is 0 Å². The number of anilines is 1. The minimum Gasteiger partial charge on any atom is -0.375 e. The number of urea groups is 1. The van der Waals surface area contributed by atoms with E-state index in [4.69, 9.17) is 4.74 Å². The quantitative estimate of drug-likeness (QED) is 0.847. The molecule has 2 fully saturated rings. The van der Waals surface area contributed by atoms with Crippen LogP contribution in [0.4, 0.5) is 23.8 Å². The molecule has 3 rings (SSSR count). The zero-order valence-electron chi connectivity index (χ0n) is 13.2. The molecule has 1 aromatic heterocycles. The Hall–Kier alpha value is -1.87. The van der Waals surface area contributed by atoms with E-state index in [0.717, 1.165) is 12.6 Å². The van der Waals surface area contributed by atoms with Gasteiger partial charge < -0.3 is 9.64 Å². The van der Waals surface area contributed by atoms with E-state index < -0.39 is 17.9 Å². The van der Waals surface area contributed by atoms with Crippen molar-refractivity contribution in [1.29, 1.82) is 0 Å². The number of hydrogen-bond acceptors (Lipinski definition) is 4. The van der Waals surface area contributed by atoms with Crippen LogP contribution in [0.3, 0.4) is 0 Å². The van der Waals surface area contributed by atoms with E-state index in [2.05, 4.69) is 15.2 Å². The Morgan fingerprint density at radius 3 is 2.92 bits per heavy atom. The van der Waals surface area contributed by atoms with Crippen LogP contribution in [-0.4, -0.2) is 66.2 Å². The number of carbonyl (C=O) groups is 1. The van der Waals surface area contributed by atoms with Gasteiger partial charge in [-0.1, -0.05) is 6.07 Å². The van der Waals surface area contributed by atoms with Gasteiger partial charge in [-0.25, -0.2) is 9.78 Å². The molecule has 1 N–H and O–H groups in total. The lowest BCUT2D eigenvalue weighted by Gasteiger charge is -2.45. The SMILES string of the molecule is CN1CCO[C@@H]2CCN(C(=O)Nc3cccc(C(F)(F)F)n3)C[C@H]21. The zero-order chi connectivity index (χ0) is 17.3. The number of nitrogens with one attached hydrogen (secondary N) is 1. The van der Waals surface area contributed by atoms with E-state index in [-0.39, 0.29) is 18.0 Å². The molecule has 2 aliphatic heterocycles. The maximum absolute atomic E-state index is 12.7. The molecule has 0 bridgehead atoms. The van der Waals surface area contributed by atoms with Crippen LogP contribution in [0.2, 0.25) is 0 Å². The van der Waals surface area contributed by atoms with E-state index in [9.17, 15) is 18.0 Å². The van der Waals surface area contributed by atoms with Gasteiger partial charge in [0.1, 0.15) is 11.5 Å². The number of carbonyl (C=O) groups excluding carboxylic acids is 1. The topological polar surface area (TPSA) is 57.7 Å². The van der Waals surface area contributed by atoms with Gasteiger partial charge in [-0.3, -0.25) is 10.2 Å². The van der Waals surface area contributed by atoms with E-state index >= 15 is 0 Å². The highest BCUT2D eigenvalue weighted by molar-refractivity contribution is 5.88. The number of pyridine rings is 1. The molecule has 6 nitrogen and oxygen atoms in total. The number of likely N-dealkylation sites (N-methyl/N-ethyl adjacent to an activating group) is 1. The summed E-state index contributed by atoms with van der Waals surface area (Å²) >= 11 is 0. The highest BCUT2D eigenvalue weighted by Gasteiger charge is 2.37. The number of hydrogen-bond donors (Lipinski definition) is 1. The first-order chi connectivity index (χ1) is 11.3. The van der Waals surface area contributed by atoms with Gasteiger partial charge in [0, 0.05) is 19.6 Å². The summed E-state index contributed by atoms with van der Waals surface area (Å²) in [5, 5.41) is 2.45. The second kappa shape index (κ2) is 6.56. The van der Waals surface area contributed by atoms with Crippen LogP contribution in [0.25, 0.3) is 0 Å².